The number of ketones is 1. The molecule has 4 rings (SSSR count). The first-order chi connectivity index (χ1) is 17.5. The topological polar surface area (TPSA) is 17.1 Å². The smallest absolute Gasteiger partial charge is 0.148 e. The SMILES string of the molecule is CSc1ccc(C(Cc2cccc(F)c2)C(=O)C(Cc2cccc(F)c2)c2ccc(SC)cc2)cc1. The molecule has 184 valence electrons. The molecule has 0 radical (unpaired) electrons. The maximum atomic E-state index is 14.3. The predicted molar refractivity (Wildman–Crippen MR) is 147 cm³/mol. The Morgan fingerprint density at radius 3 is 1.36 bits per heavy atom. The van der Waals surface area contributed by atoms with Gasteiger partial charge in [-0.15, -0.1) is 23.5 Å². The molecule has 0 aliphatic heterocycles. The van der Waals surface area contributed by atoms with Crippen LogP contribution in [0.4, 0.5) is 8.78 Å². The van der Waals surface area contributed by atoms with Gasteiger partial charge in [0.05, 0.1) is 0 Å². The molecule has 36 heavy (non-hydrogen) atoms. The molecule has 0 aromatic heterocycles. The number of halogens is 2. The standard InChI is InChI=1S/C31H28F2OS2/c1-35-27-13-9-23(10-14-27)29(19-21-5-3-7-25(32)17-21)31(34)30(20-22-6-4-8-26(33)18-22)24-11-15-28(36-2)16-12-24/h3-18,29-30H,19-20H2,1-2H3. The van der Waals surface area contributed by atoms with Gasteiger partial charge in [0.2, 0.25) is 0 Å². The minimum Gasteiger partial charge on any atom is -0.298 e. The average Bonchev–Trinajstić information content (AvgIpc) is 2.90. The maximum absolute atomic E-state index is 14.3. The van der Waals surface area contributed by atoms with Crippen molar-refractivity contribution in [1.29, 1.82) is 0 Å². The summed E-state index contributed by atoms with van der Waals surface area (Å²) in [6.45, 7) is 0. The van der Waals surface area contributed by atoms with E-state index in [1.165, 1.54) is 24.3 Å². The van der Waals surface area contributed by atoms with Crippen LogP contribution in [-0.4, -0.2) is 18.3 Å². The molecule has 0 fully saturated rings. The lowest BCUT2D eigenvalue weighted by molar-refractivity contribution is -0.122. The quantitative estimate of drug-likeness (QED) is 0.196. The number of Topliss-reactive ketones (excluding diaryl/α,β-unsaturated/α-hetero) is 1. The number of benzene rings is 4. The Morgan fingerprint density at radius 1 is 0.639 bits per heavy atom. The number of hydrogen-bond acceptors (Lipinski definition) is 3. The van der Waals surface area contributed by atoms with Gasteiger partial charge in [0, 0.05) is 21.6 Å². The van der Waals surface area contributed by atoms with Gasteiger partial charge in [0.25, 0.3) is 0 Å². The molecule has 0 saturated heterocycles. The van der Waals surface area contributed by atoms with E-state index in [2.05, 4.69) is 0 Å². The highest BCUT2D eigenvalue weighted by Gasteiger charge is 2.30. The Labute approximate surface area is 220 Å². The van der Waals surface area contributed by atoms with Crippen LogP contribution in [0, 0.1) is 11.6 Å². The molecule has 0 N–H and O–H groups in total. The molecule has 0 heterocycles. The van der Waals surface area contributed by atoms with Crippen LogP contribution in [0.3, 0.4) is 0 Å². The summed E-state index contributed by atoms with van der Waals surface area (Å²) in [4.78, 5) is 16.6. The van der Waals surface area contributed by atoms with Crippen LogP contribution in [0.5, 0.6) is 0 Å². The molecule has 4 aromatic rings. The zero-order valence-electron chi connectivity index (χ0n) is 20.3. The fraction of sp³-hybridized carbons (Fsp3) is 0.194. The molecule has 0 aliphatic carbocycles. The Kier molecular flexibility index (Phi) is 9.00. The molecule has 0 amide bonds. The average molecular weight is 519 g/mol. The first-order valence-electron chi connectivity index (χ1n) is 11.8. The Morgan fingerprint density at radius 2 is 1.03 bits per heavy atom. The van der Waals surface area contributed by atoms with Crippen LogP contribution in [0.25, 0.3) is 0 Å². The molecule has 4 aromatic carbocycles. The second-order valence-corrected chi connectivity index (χ2v) is 10.5. The van der Waals surface area contributed by atoms with Crippen molar-refractivity contribution in [3.63, 3.8) is 0 Å². The number of carbonyl (C=O) groups is 1. The van der Waals surface area contributed by atoms with Gasteiger partial charge in [-0.25, -0.2) is 8.78 Å². The highest BCUT2D eigenvalue weighted by atomic mass is 32.2. The Hall–Kier alpha value is -2.89. The van der Waals surface area contributed by atoms with E-state index < -0.39 is 11.8 Å². The van der Waals surface area contributed by atoms with Crippen molar-refractivity contribution in [3.05, 3.63) is 131 Å². The number of hydrogen-bond donors (Lipinski definition) is 0. The summed E-state index contributed by atoms with van der Waals surface area (Å²) in [5.74, 6) is -1.54. The van der Waals surface area contributed by atoms with Crippen molar-refractivity contribution in [2.45, 2.75) is 34.5 Å². The van der Waals surface area contributed by atoms with Crippen LogP contribution < -0.4 is 0 Å². The molecular weight excluding hydrogens is 490 g/mol. The number of rotatable bonds is 10. The second-order valence-electron chi connectivity index (χ2n) is 8.72. The molecule has 0 saturated carbocycles. The molecule has 2 unspecified atom stereocenters. The third-order valence-corrected chi connectivity index (χ3v) is 7.87. The van der Waals surface area contributed by atoms with E-state index in [0.29, 0.717) is 12.8 Å². The van der Waals surface area contributed by atoms with E-state index in [-0.39, 0.29) is 17.4 Å². The number of carbonyl (C=O) groups excluding carboxylic acids is 1. The Balaban J connectivity index is 1.76. The molecule has 0 aliphatic rings. The molecular formula is C31H28F2OS2. The third-order valence-electron chi connectivity index (χ3n) is 6.38. The van der Waals surface area contributed by atoms with Gasteiger partial charge in [-0.1, -0.05) is 48.5 Å². The van der Waals surface area contributed by atoms with Crippen molar-refractivity contribution in [3.8, 4) is 0 Å². The maximum Gasteiger partial charge on any atom is 0.148 e. The third kappa shape index (κ3) is 6.65. The predicted octanol–water partition coefficient (Wildman–Crippen LogP) is 8.33. The first-order valence-corrected chi connectivity index (χ1v) is 14.2. The van der Waals surface area contributed by atoms with Crippen molar-refractivity contribution in [2.24, 2.45) is 0 Å². The molecule has 0 spiro atoms. The highest BCUT2D eigenvalue weighted by Crippen LogP contribution is 2.34. The van der Waals surface area contributed by atoms with Crippen molar-refractivity contribution >= 4 is 29.3 Å². The second kappa shape index (κ2) is 12.4. The van der Waals surface area contributed by atoms with Crippen molar-refractivity contribution < 1.29 is 13.6 Å². The largest absolute Gasteiger partial charge is 0.298 e. The summed E-state index contributed by atoms with van der Waals surface area (Å²) >= 11 is 3.28. The summed E-state index contributed by atoms with van der Waals surface area (Å²) in [5, 5.41) is 0. The van der Waals surface area contributed by atoms with Crippen LogP contribution >= 0.6 is 23.5 Å². The van der Waals surface area contributed by atoms with E-state index in [4.69, 9.17) is 0 Å². The van der Waals surface area contributed by atoms with Gasteiger partial charge in [-0.2, -0.15) is 0 Å². The summed E-state index contributed by atoms with van der Waals surface area (Å²) in [5.41, 5.74) is 3.33. The van der Waals surface area contributed by atoms with Gasteiger partial charge in [0.1, 0.15) is 17.4 Å². The minimum atomic E-state index is -0.471. The molecule has 5 heteroatoms. The lowest BCUT2D eigenvalue weighted by Crippen LogP contribution is -2.24. The van der Waals surface area contributed by atoms with Crippen LogP contribution in [0.1, 0.15) is 34.1 Å². The van der Waals surface area contributed by atoms with Crippen LogP contribution in [0.15, 0.2) is 107 Å². The molecule has 2 atom stereocenters. The van der Waals surface area contributed by atoms with E-state index in [1.54, 1.807) is 35.7 Å². The lowest BCUT2D eigenvalue weighted by Gasteiger charge is -2.24. The number of thioether (sulfide) groups is 2. The molecule has 1 nitrogen and oxygen atoms in total. The van der Waals surface area contributed by atoms with Crippen molar-refractivity contribution in [1.82, 2.24) is 0 Å². The van der Waals surface area contributed by atoms with E-state index in [1.807, 2.05) is 73.2 Å². The van der Waals surface area contributed by atoms with Gasteiger partial charge >= 0.3 is 0 Å². The van der Waals surface area contributed by atoms with Gasteiger partial charge in [-0.3, -0.25) is 4.79 Å². The fourth-order valence-corrected chi connectivity index (χ4v) is 5.30. The monoisotopic (exact) mass is 518 g/mol. The minimum absolute atomic E-state index is 0.0392. The highest BCUT2D eigenvalue weighted by molar-refractivity contribution is 7.98. The normalized spacial score (nSPS) is 12.8. The summed E-state index contributed by atoms with van der Waals surface area (Å²) < 4.78 is 28.0. The fourth-order valence-electron chi connectivity index (χ4n) is 4.48. The van der Waals surface area contributed by atoms with Crippen molar-refractivity contribution in [2.75, 3.05) is 12.5 Å². The Bertz CT molecular complexity index is 1200. The summed E-state index contributed by atoms with van der Waals surface area (Å²) in [6, 6.07) is 28.9. The summed E-state index contributed by atoms with van der Waals surface area (Å²) in [6.07, 6.45) is 4.80. The van der Waals surface area contributed by atoms with E-state index in [9.17, 15) is 13.6 Å². The van der Waals surface area contributed by atoms with Gasteiger partial charge in [-0.05, 0) is 96.1 Å². The van der Waals surface area contributed by atoms with Gasteiger partial charge < -0.3 is 0 Å². The van der Waals surface area contributed by atoms with E-state index in [0.717, 1.165) is 32.0 Å². The summed E-state index contributed by atoms with van der Waals surface area (Å²) in [7, 11) is 0. The van der Waals surface area contributed by atoms with Crippen LogP contribution in [0.2, 0.25) is 0 Å². The zero-order chi connectivity index (χ0) is 25.5. The van der Waals surface area contributed by atoms with E-state index >= 15 is 0 Å². The lowest BCUT2D eigenvalue weighted by atomic mass is 9.78. The zero-order valence-corrected chi connectivity index (χ0v) is 21.9. The van der Waals surface area contributed by atoms with Gasteiger partial charge in [0.15, 0.2) is 0 Å². The molecule has 0 bridgehead atoms. The first kappa shape index (κ1) is 26.2. The van der Waals surface area contributed by atoms with Crippen LogP contribution in [-0.2, 0) is 17.6 Å².